The Kier molecular flexibility index (Phi) is 4.36. The van der Waals surface area contributed by atoms with E-state index >= 15 is 0 Å². The van der Waals surface area contributed by atoms with E-state index in [1.807, 2.05) is 31.2 Å². The Labute approximate surface area is 118 Å². The van der Waals surface area contributed by atoms with Crippen molar-refractivity contribution in [2.75, 3.05) is 6.61 Å². The molecule has 0 amide bonds. The van der Waals surface area contributed by atoms with Gasteiger partial charge in [0.05, 0.1) is 18.0 Å². The number of hydrogen-bond donors (Lipinski definition) is 0. The van der Waals surface area contributed by atoms with Crippen molar-refractivity contribution in [3.8, 4) is 17.5 Å². The van der Waals surface area contributed by atoms with Crippen LogP contribution in [0.1, 0.15) is 32.2 Å². The molecule has 0 aliphatic rings. The molecule has 2 rings (SSSR count). The molecule has 0 radical (unpaired) electrons. The Morgan fingerprint density at radius 2 is 2.00 bits per heavy atom. The molecule has 0 aliphatic heterocycles. The van der Waals surface area contributed by atoms with Crippen LogP contribution in [0.25, 0.3) is 5.69 Å². The molecule has 0 aliphatic carbocycles. The van der Waals surface area contributed by atoms with Gasteiger partial charge < -0.3 is 4.74 Å². The van der Waals surface area contributed by atoms with Crippen LogP contribution < -0.4 is 4.74 Å². The van der Waals surface area contributed by atoms with Crippen LogP contribution in [-0.4, -0.2) is 21.6 Å². The van der Waals surface area contributed by atoms with Gasteiger partial charge in [-0.25, -0.2) is 4.68 Å². The molecule has 0 atom stereocenters. The lowest BCUT2D eigenvalue weighted by Crippen LogP contribution is -2.06. The lowest BCUT2D eigenvalue weighted by atomic mass is 10.1. The molecular formula is C15H18N4O. The molecule has 1 aromatic carbocycles. The highest BCUT2D eigenvalue weighted by Crippen LogP contribution is 2.19. The normalized spacial score (nSPS) is 10.6. The van der Waals surface area contributed by atoms with Gasteiger partial charge in [0, 0.05) is 0 Å². The van der Waals surface area contributed by atoms with E-state index in [0.29, 0.717) is 18.2 Å². The third-order valence-electron chi connectivity index (χ3n) is 2.86. The third kappa shape index (κ3) is 2.97. The summed E-state index contributed by atoms with van der Waals surface area (Å²) in [4.78, 5) is 0. The number of ether oxygens (including phenoxy) is 1. The molecule has 0 unspecified atom stereocenters. The van der Waals surface area contributed by atoms with Crippen molar-refractivity contribution >= 4 is 0 Å². The zero-order chi connectivity index (χ0) is 14.5. The molecule has 104 valence electrons. The van der Waals surface area contributed by atoms with Crippen LogP contribution in [0.3, 0.4) is 0 Å². The second-order valence-electron chi connectivity index (χ2n) is 4.93. The molecule has 2 aromatic rings. The molecular weight excluding hydrogens is 252 g/mol. The maximum absolute atomic E-state index is 9.12. The number of rotatable bonds is 5. The van der Waals surface area contributed by atoms with Gasteiger partial charge in [0.25, 0.3) is 0 Å². The molecule has 1 heterocycles. The predicted octanol–water partition coefficient (Wildman–Crippen LogP) is 2.74. The highest BCUT2D eigenvalue weighted by molar-refractivity contribution is 5.40. The van der Waals surface area contributed by atoms with Crippen molar-refractivity contribution in [3.63, 3.8) is 0 Å². The first kappa shape index (κ1) is 14.1. The molecule has 5 nitrogen and oxygen atoms in total. The van der Waals surface area contributed by atoms with Crippen LogP contribution in [0, 0.1) is 17.2 Å². The van der Waals surface area contributed by atoms with Gasteiger partial charge in [-0.15, -0.1) is 5.10 Å². The second-order valence-corrected chi connectivity index (χ2v) is 4.93. The molecule has 20 heavy (non-hydrogen) atoms. The maximum atomic E-state index is 9.12. The minimum absolute atomic E-state index is 0.396. The highest BCUT2D eigenvalue weighted by atomic mass is 16.5. The lowest BCUT2D eigenvalue weighted by molar-refractivity contribution is 0.340. The van der Waals surface area contributed by atoms with Crippen LogP contribution >= 0.6 is 0 Å². The Hall–Kier alpha value is -2.35. The van der Waals surface area contributed by atoms with Gasteiger partial charge in [0.1, 0.15) is 11.8 Å². The van der Waals surface area contributed by atoms with Gasteiger partial charge >= 0.3 is 0 Å². The number of aromatic nitrogens is 3. The highest BCUT2D eigenvalue weighted by Gasteiger charge is 2.15. The molecule has 0 fully saturated rings. The molecule has 0 spiro atoms. The molecule has 5 heteroatoms. The van der Waals surface area contributed by atoms with Crippen molar-refractivity contribution in [2.24, 2.45) is 5.92 Å². The fraction of sp³-hybridized carbons (Fsp3) is 0.400. The summed E-state index contributed by atoms with van der Waals surface area (Å²) >= 11 is 0. The van der Waals surface area contributed by atoms with E-state index in [1.54, 1.807) is 4.68 Å². The number of nitriles is 1. The predicted molar refractivity (Wildman–Crippen MR) is 75.8 cm³/mol. The van der Waals surface area contributed by atoms with Gasteiger partial charge in [0.15, 0.2) is 5.69 Å². The molecule has 0 N–H and O–H groups in total. The minimum Gasteiger partial charge on any atom is -0.494 e. The summed E-state index contributed by atoms with van der Waals surface area (Å²) in [6.07, 6.45) is 0.767. The molecule has 0 saturated heterocycles. The van der Waals surface area contributed by atoms with Crippen molar-refractivity contribution in [2.45, 2.75) is 27.2 Å². The van der Waals surface area contributed by atoms with Gasteiger partial charge in [-0.05, 0) is 43.5 Å². The smallest absolute Gasteiger partial charge is 0.186 e. The standard InChI is InChI=1S/C15H18N4O/c1-4-20-13-7-5-12(6-8-13)19-15(9-11(2)3)14(10-16)17-18-19/h5-8,11H,4,9H2,1-3H3. The Balaban J connectivity index is 2.37. The van der Waals surface area contributed by atoms with Crippen LogP contribution in [-0.2, 0) is 6.42 Å². The van der Waals surface area contributed by atoms with E-state index in [4.69, 9.17) is 10.00 Å². The molecule has 0 bridgehead atoms. The summed E-state index contributed by atoms with van der Waals surface area (Å²) in [7, 11) is 0. The number of benzene rings is 1. The summed E-state index contributed by atoms with van der Waals surface area (Å²) in [6, 6.07) is 9.74. The number of nitrogens with zero attached hydrogens (tertiary/aromatic N) is 4. The van der Waals surface area contributed by atoms with Gasteiger partial charge in [0.2, 0.25) is 0 Å². The second kappa shape index (κ2) is 6.20. The quantitative estimate of drug-likeness (QED) is 0.838. The molecule has 1 aromatic heterocycles. The van der Waals surface area contributed by atoms with E-state index in [9.17, 15) is 0 Å². The topological polar surface area (TPSA) is 63.7 Å². The first-order valence-electron chi connectivity index (χ1n) is 6.73. The summed E-state index contributed by atoms with van der Waals surface area (Å²) in [6.45, 7) is 6.80. The Morgan fingerprint density at radius 1 is 1.30 bits per heavy atom. The van der Waals surface area contributed by atoms with Crippen molar-refractivity contribution in [1.29, 1.82) is 5.26 Å². The van der Waals surface area contributed by atoms with Crippen LogP contribution in [0.15, 0.2) is 24.3 Å². The Bertz CT molecular complexity index is 608. The van der Waals surface area contributed by atoms with Crippen molar-refractivity contribution in [1.82, 2.24) is 15.0 Å². The SMILES string of the molecule is CCOc1ccc(-n2nnc(C#N)c2CC(C)C)cc1. The van der Waals surface area contributed by atoms with Crippen LogP contribution in [0.5, 0.6) is 5.75 Å². The third-order valence-corrected chi connectivity index (χ3v) is 2.86. The first-order chi connectivity index (χ1) is 9.65. The summed E-state index contributed by atoms with van der Waals surface area (Å²) in [5, 5.41) is 17.2. The summed E-state index contributed by atoms with van der Waals surface area (Å²) in [5.74, 6) is 1.25. The summed E-state index contributed by atoms with van der Waals surface area (Å²) < 4.78 is 7.15. The zero-order valence-electron chi connectivity index (χ0n) is 12.0. The van der Waals surface area contributed by atoms with E-state index in [1.165, 1.54) is 0 Å². The average molecular weight is 270 g/mol. The van der Waals surface area contributed by atoms with Gasteiger partial charge in [-0.2, -0.15) is 5.26 Å². The zero-order valence-corrected chi connectivity index (χ0v) is 12.0. The van der Waals surface area contributed by atoms with Crippen molar-refractivity contribution < 1.29 is 4.74 Å². The van der Waals surface area contributed by atoms with E-state index in [2.05, 4.69) is 30.2 Å². The molecule has 0 saturated carbocycles. The monoisotopic (exact) mass is 270 g/mol. The van der Waals surface area contributed by atoms with E-state index in [-0.39, 0.29) is 0 Å². The van der Waals surface area contributed by atoms with Gasteiger partial charge in [-0.1, -0.05) is 19.1 Å². The Morgan fingerprint density at radius 3 is 2.55 bits per heavy atom. The average Bonchev–Trinajstić information content (AvgIpc) is 2.82. The van der Waals surface area contributed by atoms with Crippen molar-refractivity contribution in [3.05, 3.63) is 35.7 Å². The largest absolute Gasteiger partial charge is 0.494 e. The van der Waals surface area contributed by atoms with E-state index < -0.39 is 0 Å². The van der Waals surface area contributed by atoms with Gasteiger partial charge in [-0.3, -0.25) is 0 Å². The minimum atomic E-state index is 0.396. The van der Waals surface area contributed by atoms with Crippen LogP contribution in [0.4, 0.5) is 0 Å². The first-order valence-corrected chi connectivity index (χ1v) is 6.73. The fourth-order valence-electron chi connectivity index (χ4n) is 2.02. The van der Waals surface area contributed by atoms with Crippen LogP contribution in [0.2, 0.25) is 0 Å². The maximum Gasteiger partial charge on any atom is 0.186 e. The van der Waals surface area contributed by atoms with E-state index in [0.717, 1.165) is 23.6 Å². The fourth-order valence-corrected chi connectivity index (χ4v) is 2.02. The lowest BCUT2D eigenvalue weighted by Gasteiger charge is -2.09. The number of hydrogen-bond acceptors (Lipinski definition) is 4. The summed E-state index contributed by atoms with van der Waals surface area (Å²) in [5.41, 5.74) is 2.14.